The molecular formula is C22H42N4O8. The molecule has 5 N–H and O–H groups in total. The fourth-order valence-electron chi connectivity index (χ4n) is 2.70. The van der Waals surface area contributed by atoms with Crippen molar-refractivity contribution in [2.24, 2.45) is 11.1 Å². The van der Waals surface area contributed by atoms with Gasteiger partial charge in [0.1, 0.15) is 0 Å². The Morgan fingerprint density at radius 2 is 1.29 bits per heavy atom. The highest BCUT2D eigenvalue weighted by Crippen LogP contribution is 2.15. The van der Waals surface area contributed by atoms with Gasteiger partial charge in [-0.3, -0.25) is 29.0 Å². The van der Waals surface area contributed by atoms with Gasteiger partial charge in [-0.1, -0.05) is 20.8 Å². The molecule has 34 heavy (non-hydrogen) atoms. The van der Waals surface area contributed by atoms with E-state index in [1.807, 2.05) is 0 Å². The lowest BCUT2D eigenvalue weighted by Crippen LogP contribution is -2.46. The van der Waals surface area contributed by atoms with Crippen LogP contribution >= 0.6 is 0 Å². The summed E-state index contributed by atoms with van der Waals surface area (Å²) in [5.41, 5.74) is 4.74. The van der Waals surface area contributed by atoms with Gasteiger partial charge in [-0.2, -0.15) is 0 Å². The Morgan fingerprint density at radius 1 is 0.794 bits per heavy atom. The molecule has 0 heterocycles. The zero-order valence-electron chi connectivity index (χ0n) is 20.7. The number of carboxylic acid groups (broad SMARTS) is 2. The molecular weight excluding hydrogens is 448 g/mol. The van der Waals surface area contributed by atoms with Crippen LogP contribution in [0, 0.1) is 5.41 Å². The minimum atomic E-state index is -1.11. The molecule has 0 saturated heterocycles. The third-order valence-corrected chi connectivity index (χ3v) is 4.67. The number of ether oxygens (including phenoxy) is 2. The van der Waals surface area contributed by atoms with Crippen molar-refractivity contribution in [2.75, 3.05) is 78.8 Å². The van der Waals surface area contributed by atoms with Gasteiger partial charge in [0.2, 0.25) is 5.91 Å². The SMILES string of the molecule is CC(C)(C)C(=O)CN(CCN(CC(=O)O)CC(=O)NCCCOCCOCCCN)CC(=O)O. The first-order valence-electron chi connectivity index (χ1n) is 11.5. The number of hydrogen-bond acceptors (Lipinski definition) is 9. The highest BCUT2D eigenvalue weighted by Gasteiger charge is 2.25. The first-order chi connectivity index (χ1) is 16.0. The summed E-state index contributed by atoms with van der Waals surface area (Å²) >= 11 is 0. The monoisotopic (exact) mass is 490 g/mol. The highest BCUT2D eigenvalue weighted by atomic mass is 16.5. The quantitative estimate of drug-likeness (QED) is 0.149. The van der Waals surface area contributed by atoms with Gasteiger partial charge in [0.15, 0.2) is 5.78 Å². The Kier molecular flexibility index (Phi) is 17.1. The summed E-state index contributed by atoms with van der Waals surface area (Å²) in [5, 5.41) is 21.0. The number of amides is 1. The first kappa shape index (κ1) is 31.9. The Labute approximate surface area is 201 Å². The number of Topliss-reactive ketones (excluding diaryl/α,β-unsaturated/α-hetero) is 1. The topological polar surface area (TPSA) is 172 Å². The van der Waals surface area contributed by atoms with E-state index >= 15 is 0 Å². The maximum atomic E-state index is 12.3. The largest absolute Gasteiger partial charge is 0.480 e. The van der Waals surface area contributed by atoms with Crippen LogP contribution in [-0.2, 0) is 28.7 Å². The second kappa shape index (κ2) is 18.2. The molecule has 0 spiro atoms. The maximum Gasteiger partial charge on any atom is 0.317 e. The van der Waals surface area contributed by atoms with Gasteiger partial charge in [0.25, 0.3) is 0 Å². The molecule has 0 fully saturated rings. The molecule has 198 valence electrons. The lowest BCUT2D eigenvalue weighted by atomic mass is 9.90. The van der Waals surface area contributed by atoms with Crippen molar-refractivity contribution in [2.45, 2.75) is 33.6 Å². The zero-order chi connectivity index (χ0) is 26.0. The third-order valence-electron chi connectivity index (χ3n) is 4.67. The van der Waals surface area contributed by atoms with E-state index < -0.39 is 17.4 Å². The Morgan fingerprint density at radius 3 is 1.76 bits per heavy atom. The molecule has 1 amide bonds. The van der Waals surface area contributed by atoms with Crippen LogP contribution in [0.2, 0.25) is 0 Å². The van der Waals surface area contributed by atoms with E-state index in [1.54, 1.807) is 20.8 Å². The molecule has 0 radical (unpaired) electrons. The minimum absolute atomic E-state index is 0.0685. The van der Waals surface area contributed by atoms with Gasteiger partial charge in [0.05, 0.1) is 39.4 Å². The van der Waals surface area contributed by atoms with E-state index in [9.17, 15) is 19.2 Å². The van der Waals surface area contributed by atoms with Gasteiger partial charge in [-0.25, -0.2) is 0 Å². The number of hydrogen-bond donors (Lipinski definition) is 4. The highest BCUT2D eigenvalue weighted by molar-refractivity contribution is 5.86. The second-order valence-electron chi connectivity index (χ2n) is 8.95. The van der Waals surface area contributed by atoms with E-state index in [2.05, 4.69) is 5.32 Å². The summed E-state index contributed by atoms with van der Waals surface area (Å²) in [5.74, 6) is -2.67. The number of ketones is 1. The summed E-state index contributed by atoms with van der Waals surface area (Å²) < 4.78 is 10.7. The van der Waals surface area contributed by atoms with E-state index in [4.69, 9.17) is 25.4 Å². The van der Waals surface area contributed by atoms with Crippen LogP contribution in [0.1, 0.15) is 33.6 Å². The molecule has 0 aromatic carbocycles. The van der Waals surface area contributed by atoms with E-state index in [0.717, 1.165) is 6.42 Å². The number of nitrogens with zero attached hydrogens (tertiary/aromatic N) is 2. The van der Waals surface area contributed by atoms with Crippen molar-refractivity contribution in [3.63, 3.8) is 0 Å². The minimum Gasteiger partial charge on any atom is -0.480 e. The molecule has 0 unspecified atom stereocenters. The molecule has 12 heteroatoms. The van der Waals surface area contributed by atoms with Gasteiger partial charge in [-0.15, -0.1) is 0 Å². The molecule has 0 aromatic rings. The van der Waals surface area contributed by atoms with Gasteiger partial charge < -0.3 is 30.7 Å². The predicted octanol–water partition coefficient (Wildman–Crippen LogP) is -0.737. The van der Waals surface area contributed by atoms with Crippen LogP contribution in [0.5, 0.6) is 0 Å². The van der Waals surface area contributed by atoms with Crippen molar-refractivity contribution in [1.29, 1.82) is 0 Å². The van der Waals surface area contributed by atoms with Gasteiger partial charge >= 0.3 is 11.9 Å². The van der Waals surface area contributed by atoms with Crippen molar-refractivity contribution in [3.05, 3.63) is 0 Å². The molecule has 0 rings (SSSR count). The molecule has 0 atom stereocenters. The first-order valence-corrected chi connectivity index (χ1v) is 11.5. The molecule has 0 aliphatic carbocycles. The number of carbonyl (C=O) groups excluding carboxylic acids is 2. The van der Waals surface area contributed by atoms with Crippen LogP contribution < -0.4 is 11.1 Å². The molecule has 0 bridgehead atoms. The van der Waals surface area contributed by atoms with Gasteiger partial charge in [0, 0.05) is 38.3 Å². The normalized spacial score (nSPS) is 11.7. The standard InChI is InChI=1S/C22H42N4O8/c1-22(2,3)18(27)14-25(16-20(29)30)8-9-26(17-21(31)32)15-19(28)24-7-5-11-34-13-12-33-10-4-6-23/h4-17,23H2,1-3H3,(H,24,28)(H,29,30)(H,31,32). The number of aliphatic carboxylic acids is 2. The Bertz CT molecular complexity index is 625. The fraction of sp³-hybridized carbons (Fsp3) is 0.818. The van der Waals surface area contributed by atoms with Crippen molar-refractivity contribution in [3.8, 4) is 0 Å². The average molecular weight is 491 g/mol. The molecule has 0 saturated carbocycles. The van der Waals surface area contributed by atoms with Crippen LogP contribution in [0.3, 0.4) is 0 Å². The summed E-state index contributed by atoms with van der Waals surface area (Å²) in [6.45, 7) is 7.49. The molecule has 0 aliphatic heterocycles. The second-order valence-corrected chi connectivity index (χ2v) is 8.95. The molecule has 0 aliphatic rings. The van der Waals surface area contributed by atoms with Crippen molar-refractivity contribution < 1.29 is 38.9 Å². The van der Waals surface area contributed by atoms with Crippen LogP contribution in [0.25, 0.3) is 0 Å². The summed E-state index contributed by atoms with van der Waals surface area (Å²) in [4.78, 5) is 49.7. The summed E-state index contributed by atoms with van der Waals surface area (Å²) in [6.07, 6.45) is 1.40. The van der Waals surface area contributed by atoms with Crippen LogP contribution in [0.15, 0.2) is 0 Å². The number of nitrogens with two attached hydrogens (primary N) is 1. The van der Waals surface area contributed by atoms with Crippen LogP contribution in [0.4, 0.5) is 0 Å². The fourth-order valence-corrected chi connectivity index (χ4v) is 2.70. The van der Waals surface area contributed by atoms with E-state index in [1.165, 1.54) is 9.80 Å². The Hall–Kier alpha value is -2.12. The summed E-state index contributed by atoms with van der Waals surface area (Å²) in [7, 11) is 0. The third kappa shape index (κ3) is 18.3. The molecule has 12 nitrogen and oxygen atoms in total. The maximum absolute atomic E-state index is 12.3. The number of nitrogens with one attached hydrogen (secondary N) is 1. The lowest BCUT2D eigenvalue weighted by molar-refractivity contribution is -0.141. The zero-order valence-corrected chi connectivity index (χ0v) is 20.7. The number of rotatable bonds is 21. The van der Waals surface area contributed by atoms with E-state index in [0.29, 0.717) is 45.9 Å². The average Bonchev–Trinajstić information content (AvgIpc) is 2.71. The van der Waals surface area contributed by atoms with E-state index in [-0.39, 0.29) is 51.0 Å². The molecule has 0 aromatic heterocycles. The summed E-state index contributed by atoms with van der Waals surface area (Å²) in [6, 6.07) is 0. The predicted molar refractivity (Wildman–Crippen MR) is 126 cm³/mol. The number of carboxylic acids is 2. The number of carbonyl (C=O) groups is 4. The van der Waals surface area contributed by atoms with Gasteiger partial charge in [-0.05, 0) is 19.4 Å². The Balaban J connectivity index is 4.43. The van der Waals surface area contributed by atoms with Crippen LogP contribution in [-0.4, -0.2) is 122 Å². The smallest absolute Gasteiger partial charge is 0.317 e. The van der Waals surface area contributed by atoms with Crippen molar-refractivity contribution >= 4 is 23.6 Å². The lowest BCUT2D eigenvalue weighted by Gasteiger charge is -2.27. The van der Waals surface area contributed by atoms with Crippen molar-refractivity contribution in [1.82, 2.24) is 15.1 Å².